The van der Waals surface area contributed by atoms with E-state index in [1.807, 2.05) is 97.6 Å². The van der Waals surface area contributed by atoms with Crippen molar-refractivity contribution in [2.45, 2.75) is 25.7 Å². The Balaban J connectivity index is 1.32. The number of benzene rings is 2. The Morgan fingerprint density at radius 2 is 0.562 bits per heavy atom. The average Bonchev–Trinajstić information content (AvgIpc) is 3.14. The Morgan fingerprint density at radius 1 is 0.312 bits per heavy atom. The molecule has 0 spiro atoms. The van der Waals surface area contributed by atoms with Crippen LogP contribution < -0.4 is 0 Å². The highest BCUT2D eigenvalue weighted by atomic mass is 14.7. The topological polar surface area (TPSA) is 51.6 Å². The fourth-order valence-electron chi connectivity index (χ4n) is 6.08. The molecule has 0 saturated carbocycles. The highest BCUT2D eigenvalue weighted by Crippen LogP contribution is 2.30. The van der Waals surface area contributed by atoms with Gasteiger partial charge in [0.2, 0.25) is 0 Å². The molecular weight excluding hydrogens is 585 g/mol. The molecule has 4 aromatic heterocycles. The van der Waals surface area contributed by atoms with Crippen LogP contribution in [0.15, 0.2) is 122 Å². The predicted molar refractivity (Wildman–Crippen MR) is 200 cm³/mol. The fraction of sp³-hybridized carbons (Fsp3) is 0.0909. The predicted octanol–water partition coefficient (Wildman–Crippen LogP) is 9.83. The van der Waals surface area contributed by atoms with Crippen LogP contribution in [0.3, 0.4) is 0 Å². The number of aromatic nitrogens is 4. The lowest BCUT2D eigenvalue weighted by Gasteiger charge is -2.19. The second-order valence-corrected chi connectivity index (χ2v) is 11.9. The average molecular weight is 621 g/mol. The van der Waals surface area contributed by atoms with E-state index in [-0.39, 0.29) is 0 Å². The van der Waals surface area contributed by atoms with Gasteiger partial charge in [-0.25, -0.2) is 0 Å². The lowest BCUT2D eigenvalue weighted by molar-refractivity contribution is 0.912. The van der Waals surface area contributed by atoms with Gasteiger partial charge in [-0.3, -0.25) is 19.9 Å². The van der Waals surface area contributed by atoms with E-state index in [0.29, 0.717) is 0 Å². The van der Waals surface area contributed by atoms with Crippen LogP contribution in [0.2, 0.25) is 0 Å². The van der Waals surface area contributed by atoms with Gasteiger partial charge < -0.3 is 0 Å². The van der Waals surface area contributed by atoms with Crippen molar-refractivity contribution in [3.63, 3.8) is 0 Å². The Kier molecular flexibility index (Phi) is 9.61. The summed E-state index contributed by atoms with van der Waals surface area (Å²) < 4.78 is 0. The number of hydrogen-bond acceptors (Lipinski definition) is 4. The van der Waals surface area contributed by atoms with Gasteiger partial charge in [0, 0.05) is 24.8 Å². The first-order valence-electron chi connectivity index (χ1n) is 16.4. The minimum atomic E-state index is 0.889. The molecule has 4 heterocycles. The van der Waals surface area contributed by atoms with Crippen LogP contribution in [-0.2, 0) is 25.7 Å². The Bertz CT molecular complexity index is 1790. The van der Waals surface area contributed by atoms with E-state index in [9.17, 15) is 0 Å². The van der Waals surface area contributed by atoms with Gasteiger partial charge in [-0.1, -0.05) is 72.8 Å². The zero-order valence-corrected chi connectivity index (χ0v) is 26.8. The zero-order valence-electron chi connectivity index (χ0n) is 26.8. The first kappa shape index (κ1) is 30.6. The molecule has 4 bridgehead atoms. The maximum atomic E-state index is 4.53. The molecule has 4 nitrogen and oxygen atoms in total. The third kappa shape index (κ3) is 7.86. The molecule has 232 valence electrons. The van der Waals surface area contributed by atoms with Crippen LogP contribution >= 0.6 is 0 Å². The minimum absolute atomic E-state index is 0.889. The Morgan fingerprint density at radius 3 is 0.771 bits per heavy atom. The van der Waals surface area contributed by atoms with Gasteiger partial charge in [0.1, 0.15) is 0 Å². The zero-order chi connectivity index (χ0) is 32.4. The minimum Gasteiger partial charge on any atom is -0.257 e. The molecule has 4 aliphatic rings. The molecule has 2 aromatic carbocycles. The van der Waals surface area contributed by atoms with E-state index >= 15 is 0 Å². The summed E-state index contributed by atoms with van der Waals surface area (Å²) in [5.74, 6) is 0. The van der Waals surface area contributed by atoms with E-state index in [0.717, 1.165) is 48.5 Å². The summed E-state index contributed by atoms with van der Waals surface area (Å²) in [5, 5.41) is 0. The summed E-state index contributed by atoms with van der Waals surface area (Å²) >= 11 is 0. The normalized spacial score (nSPS) is 13.2. The van der Waals surface area contributed by atoms with E-state index in [2.05, 4.69) is 92.8 Å². The van der Waals surface area contributed by atoms with Crippen molar-refractivity contribution in [3.05, 3.63) is 189 Å². The standard InChI is InChI=1S/C44H36N4/c1-5-25-45-41(9-1)21-17-37-29-34-15-16-36-32-39(19-23-43-11-3-7-27-47-43)35(31-40(36)20-24-44-12-4-8-28-48-44)14-13-33(37)30-38(34)18-22-42-10-2-6-26-46-42/h1-12,17-32H,13-16H2/b21-17+,22-18+,23-19+,24-20+. The third-order valence-electron chi connectivity index (χ3n) is 8.62. The van der Waals surface area contributed by atoms with Crippen molar-refractivity contribution in [1.82, 2.24) is 19.9 Å². The van der Waals surface area contributed by atoms with Crippen LogP contribution in [0.1, 0.15) is 67.3 Å². The van der Waals surface area contributed by atoms with Gasteiger partial charge >= 0.3 is 0 Å². The second-order valence-electron chi connectivity index (χ2n) is 11.9. The van der Waals surface area contributed by atoms with Gasteiger partial charge in [-0.2, -0.15) is 0 Å². The molecule has 0 unspecified atom stereocenters. The molecule has 4 aliphatic carbocycles. The molecule has 10 rings (SSSR count). The van der Waals surface area contributed by atoms with Gasteiger partial charge in [-0.15, -0.1) is 0 Å². The quantitative estimate of drug-likeness (QED) is 0.170. The Hall–Kier alpha value is -6.00. The summed E-state index contributed by atoms with van der Waals surface area (Å²) in [6.45, 7) is 0. The van der Waals surface area contributed by atoms with Gasteiger partial charge in [0.25, 0.3) is 0 Å². The van der Waals surface area contributed by atoms with Gasteiger partial charge in [0.05, 0.1) is 22.8 Å². The summed E-state index contributed by atoms with van der Waals surface area (Å²) in [5.41, 5.74) is 14.0. The first-order chi connectivity index (χ1) is 23.8. The van der Waals surface area contributed by atoms with Gasteiger partial charge in [-0.05, 0) is 143 Å². The van der Waals surface area contributed by atoms with Crippen molar-refractivity contribution in [3.8, 4) is 0 Å². The van der Waals surface area contributed by atoms with Crippen molar-refractivity contribution in [2.75, 3.05) is 0 Å². The van der Waals surface area contributed by atoms with Crippen LogP contribution in [0, 0.1) is 0 Å². The molecule has 0 fully saturated rings. The lowest BCUT2D eigenvalue weighted by Crippen LogP contribution is -2.06. The maximum absolute atomic E-state index is 4.53. The number of nitrogens with zero attached hydrogens (tertiary/aromatic N) is 4. The number of rotatable bonds is 8. The van der Waals surface area contributed by atoms with E-state index in [1.54, 1.807) is 0 Å². The Labute approximate surface area is 282 Å². The van der Waals surface area contributed by atoms with Crippen molar-refractivity contribution in [2.24, 2.45) is 0 Å². The summed E-state index contributed by atoms with van der Waals surface area (Å²) in [4.78, 5) is 18.1. The van der Waals surface area contributed by atoms with Crippen molar-refractivity contribution < 1.29 is 0 Å². The number of pyridine rings is 4. The molecule has 0 radical (unpaired) electrons. The second kappa shape index (κ2) is 15.1. The molecule has 0 atom stereocenters. The van der Waals surface area contributed by atoms with E-state index < -0.39 is 0 Å². The van der Waals surface area contributed by atoms with Crippen LogP contribution in [0.5, 0.6) is 0 Å². The van der Waals surface area contributed by atoms with Crippen LogP contribution in [0.4, 0.5) is 0 Å². The molecule has 0 N–H and O–H groups in total. The van der Waals surface area contributed by atoms with Crippen molar-refractivity contribution >= 4 is 48.6 Å². The van der Waals surface area contributed by atoms with Gasteiger partial charge in [0.15, 0.2) is 0 Å². The van der Waals surface area contributed by atoms with Crippen molar-refractivity contribution in [1.29, 1.82) is 0 Å². The number of aryl methyl sites for hydroxylation is 4. The molecule has 48 heavy (non-hydrogen) atoms. The highest BCUT2D eigenvalue weighted by Gasteiger charge is 2.15. The lowest BCUT2D eigenvalue weighted by atomic mass is 9.86. The molecule has 0 saturated heterocycles. The van der Waals surface area contributed by atoms with E-state index in [4.69, 9.17) is 0 Å². The smallest absolute Gasteiger partial charge is 0.0629 e. The van der Waals surface area contributed by atoms with Crippen LogP contribution in [0.25, 0.3) is 48.6 Å². The largest absolute Gasteiger partial charge is 0.257 e. The molecule has 6 aromatic rings. The summed E-state index contributed by atoms with van der Waals surface area (Å²) in [7, 11) is 0. The first-order valence-corrected chi connectivity index (χ1v) is 16.4. The fourth-order valence-corrected chi connectivity index (χ4v) is 6.08. The van der Waals surface area contributed by atoms with Crippen LogP contribution in [-0.4, -0.2) is 19.9 Å². The molecule has 4 heteroatoms. The SMILES string of the molecule is C(=C\c1cc2c(/C=C/c3ccccn3)cc1CCc1cc(/C=C/c3ccccn3)c(cc1/C=C/c1ccccn1)CC2)/c1ccccn1. The summed E-state index contributed by atoms with van der Waals surface area (Å²) in [6, 6.07) is 33.6. The summed E-state index contributed by atoms with van der Waals surface area (Å²) in [6.07, 6.45) is 28.3. The third-order valence-corrected chi connectivity index (χ3v) is 8.62. The molecule has 0 amide bonds. The number of hydrogen-bond donors (Lipinski definition) is 0. The monoisotopic (exact) mass is 620 g/mol. The molecular formula is C44H36N4. The molecule has 0 aliphatic heterocycles. The van der Waals surface area contributed by atoms with E-state index in [1.165, 1.54) is 44.5 Å². The maximum Gasteiger partial charge on any atom is 0.0629 e. The highest BCUT2D eigenvalue weighted by molar-refractivity contribution is 5.77.